The van der Waals surface area contributed by atoms with Crippen molar-refractivity contribution in [3.05, 3.63) is 0 Å². The van der Waals surface area contributed by atoms with Crippen LogP contribution in [0.4, 0.5) is 0 Å². The van der Waals surface area contributed by atoms with Gasteiger partial charge in [-0.1, -0.05) is 285 Å². The summed E-state index contributed by atoms with van der Waals surface area (Å²) in [4.78, 5) is 55.5. The Kier molecular flexibility index (Phi) is 81.1. The monoisotopic (exact) mass is 1570 g/mol. The molecule has 0 heterocycles. The normalized spacial score (nSPS) is 11.7. The molecule has 0 aliphatic rings. The molecule has 0 aliphatic heterocycles. The Balaban J connectivity index is 5.40. The second kappa shape index (κ2) is 82.1. The number of carbonyl (C=O) groups excluding carboxylic acids is 4. The molecule has 0 aromatic rings. The smallest absolute Gasteiger partial charge is 0.0654 e. The van der Waals surface area contributed by atoms with Crippen LogP contribution in [0.3, 0.4) is 0 Å². The summed E-state index contributed by atoms with van der Waals surface area (Å²) in [7, 11) is 0. The van der Waals surface area contributed by atoms with E-state index in [4.69, 9.17) is 10.7 Å². The zero-order valence-electron chi connectivity index (χ0n) is 66.3. The zero-order valence-corrected chi connectivity index (χ0v) is 70.2. The molecule has 97 heavy (non-hydrogen) atoms. The molecule has 0 bridgehead atoms. The summed E-state index contributed by atoms with van der Waals surface area (Å²) in [6.45, 7) is 9.15. The van der Waals surface area contributed by atoms with Crippen LogP contribution in [0.15, 0.2) is 0 Å². The molecule has 0 aliphatic carbocycles. The van der Waals surface area contributed by atoms with E-state index in [0.29, 0.717) is 25.7 Å². The van der Waals surface area contributed by atoms with E-state index in [2.05, 4.69) is 27.7 Å². The average molecular weight is 1570 g/mol. The number of unbranched alkanes of at least 4 members (excludes halogenated alkanes) is 72. The third-order valence-corrected chi connectivity index (χ3v) is 28.3. The maximum atomic E-state index is 13.9. The van der Waals surface area contributed by atoms with Gasteiger partial charge in [0.2, 0.25) is 0 Å². The molecule has 0 fully saturated rings. The van der Waals surface area contributed by atoms with Gasteiger partial charge < -0.3 is 0 Å². The molecule has 0 radical (unpaired) electrons. The fraction of sp³-hybridized carbons (Fsp3) is 0.955. The minimum Gasteiger partial charge on any atom is -0.0654 e. The molecule has 0 atom stereocenters. The summed E-state index contributed by atoms with van der Waals surface area (Å²) in [5, 5.41) is 0. The van der Waals surface area contributed by atoms with Crippen LogP contribution in [0.25, 0.3) is 0 Å². The van der Waals surface area contributed by atoms with Crippen LogP contribution in [-0.4, -0.2) is 46.9 Å². The molecule has 0 unspecified atom stereocenters. The van der Waals surface area contributed by atoms with Crippen molar-refractivity contribution in [1.82, 2.24) is 0 Å². The predicted octanol–water partition coefficient (Wildman–Crippen LogP) is 30.9. The van der Waals surface area contributed by atoms with Crippen LogP contribution < -0.4 is 0 Å². The van der Waals surface area contributed by atoms with E-state index < -0.39 is 46.9 Å². The molecule has 576 valence electrons. The first kappa shape index (κ1) is 95.8. The van der Waals surface area contributed by atoms with Gasteiger partial charge >= 0.3 is 334 Å². The summed E-state index contributed by atoms with van der Waals surface area (Å²) < 4.78 is 24.3. The quantitative estimate of drug-likeness (QED) is 0.0438. The molecule has 0 aromatic carbocycles. The summed E-state index contributed by atoms with van der Waals surface area (Å²) >= 11 is -6.13. The predicted molar refractivity (Wildman–Crippen MR) is 422 cm³/mol. The summed E-state index contributed by atoms with van der Waals surface area (Å²) in [5.74, 6) is -2.40. The van der Waals surface area contributed by atoms with Gasteiger partial charge in [-0.25, -0.2) is 0 Å². The van der Waals surface area contributed by atoms with Crippen LogP contribution in [0.5, 0.6) is 0 Å². The van der Waals surface area contributed by atoms with Crippen molar-refractivity contribution in [1.29, 1.82) is 0 Å². The molecule has 0 saturated heterocycles. The molecule has 0 N–H and O–H groups in total. The third-order valence-electron chi connectivity index (χ3n) is 20.9. The number of hydrogen-bond donors (Lipinski definition) is 0. The van der Waals surface area contributed by atoms with Gasteiger partial charge in [-0.05, 0) is 0 Å². The second-order valence-corrected chi connectivity index (χ2v) is 37.9. The second-order valence-electron chi connectivity index (χ2n) is 30.9. The first-order chi connectivity index (χ1) is 47.8. The van der Waals surface area contributed by atoms with Gasteiger partial charge in [0.1, 0.15) is 0 Å². The fourth-order valence-corrected chi connectivity index (χ4v) is 21.2. The van der Waals surface area contributed by atoms with E-state index in [1.807, 2.05) is 0 Å². The molecule has 8 nitrogen and oxygen atoms in total. The standard InChI is InChI=1S/4C22H44O2.Pb/c4*1-2-3-4-5-6-7-8-9-10-11-12-13-14-15-16-17-18-19-20-21-22(23)24;/h4*2-21H2,1H3,(H,23,24);/q;;;;+4/p-4. The van der Waals surface area contributed by atoms with E-state index in [1.165, 1.54) is 385 Å². The van der Waals surface area contributed by atoms with Crippen molar-refractivity contribution in [2.75, 3.05) is 0 Å². The first-order valence-corrected chi connectivity index (χ1v) is 51.0. The van der Waals surface area contributed by atoms with Crippen LogP contribution in [0.1, 0.15) is 541 Å². The van der Waals surface area contributed by atoms with Crippen molar-refractivity contribution in [2.45, 2.75) is 541 Å². The van der Waals surface area contributed by atoms with Crippen LogP contribution in [0.2, 0.25) is 0 Å². The minimum atomic E-state index is -6.13. The summed E-state index contributed by atoms with van der Waals surface area (Å²) in [5.41, 5.74) is 0. The van der Waals surface area contributed by atoms with E-state index in [1.54, 1.807) is 0 Å². The van der Waals surface area contributed by atoms with Gasteiger partial charge in [-0.2, -0.15) is 0 Å². The van der Waals surface area contributed by atoms with E-state index >= 15 is 0 Å². The Labute approximate surface area is 614 Å². The number of hydrogen-bond acceptors (Lipinski definition) is 8. The van der Waals surface area contributed by atoms with Gasteiger partial charge in [0.15, 0.2) is 0 Å². The Morgan fingerprint density at radius 2 is 0.227 bits per heavy atom. The van der Waals surface area contributed by atoms with Gasteiger partial charge in [0.05, 0.1) is 0 Å². The van der Waals surface area contributed by atoms with Gasteiger partial charge in [-0.15, -0.1) is 0 Å². The molecular weight excluding hydrogens is 1390 g/mol. The minimum absolute atomic E-state index is 0.102. The molecule has 0 spiro atoms. The zero-order chi connectivity index (χ0) is 70.2. The van der Waals surface area contributed by atoms with Gasteiger partial charge in [0.25, 0.3) is 0 Å². The van der Waals surface area contributed by atoms with Crippen molar-refractivity contribution < 1.29 is 29.9 Å². The van der Waals surface area contributed by atoms with E-state index in [-0.39, 0.29) is 25.7 Å². The van der Waals surface area contributed by atoms with Gasteiger partial charge in [-0.3, -0.25) is 0 Å². The van der Waals surface area contributed by atoms with Gasteiger partial charge in [0, 0.05) is 0 Å². The Morgan fingerprint density at radius 1 is 0.144 bits per heavy atom. The topological polar surface area (TPSA) is 105 Å². The molecule has 9 heteroatoms. The average Bonchev–Trinajstić information content (AvgIpc) is 0.858. The van der Waals surface area contributed by atoms with Crippen molar-refractivity contribution in [2.24, 2.45) is 0 Å². The molecular formula is C88H172O8Pb. The molecule has 0 aromatic heterocycles. The fourth-order valence-electron chi connectivity index (χ4n) is 14.3. The molecule has 0 amide bonds. The first-order valence-electron chi connectivity index (χ1n) is 44.7. The number of carbonyl (C=O) groups is 4. The van der Waals surface area contributed by atoms with Crippen molar-refractivity contribution >= 4 is 46.9 Å². The maximum absolute atomic E-state index is 13.9. The number of rotatable bonds is 84. The molecule has 0 rings (SSSR count). The summed E-state index contributed by atoms with van der Waals surface area (Å²) in [6, 6.07) is 0. The molecule has 0 saturated carbocycles. The Hall–Kier alpha value is -1.20. The van der Waals surface area contributed by atoms with E-state index in [0.717, 1.165) is 77.0 Å². The van der Waals surface area contributed by atoms with Crippen molar-refractivity contribution in [3.8, 4) is 0 Å². The van der Waals surface area contributed by atoms with Crippen LogP contribution in [0, 0.1) is 0 Å². The SMILES string of the molecule is CCCCCCCCCCCCCCCCCCCCCC(=O)[O][Pb]([O]C(=O)CCCCCCCCCCCCCCCCCCCCC)([O]C(=O)CCCCCCCCCCCCCCCCCCCCC)[O]C(=O)CCCCCCCCCCCCCCCCCCCCC. The van der Waals surface area contributed by atoms with Crippen LogP contribution >= 0.6 is 0 Å². The summed E-state index contributed by atoms with van der Waals surface area (Å²) in [6.07, 6.45) is 96.6. The Morgan fingerprint density at radius 3 is 0.320 bits per heavy atom. The Bertz CT molecular complexity index is 1360. The van der Waals surface area contributed by atoms with Crippen LogP contribution in [-0.2, 0) is 29.9 Å². The van der Waals surface area contributed by atoms with E-state index in [9.17, 15) is 19.2 Å². The third kappa shape index (κ3) is 77.3. The van der Waals surface area contributed by atoms with Crippen molar-refractivity contribution in [3.63, 3.8) is 0 Å².